The van der Waals surface area contributed by atoms with Crippen molar-refractivity contribution in [3.63, 3.8) is 0 Å². The van der Waals surface area contributed by atoms with E-state index >= 15 is 0 Å². The Labute approximate surface area is 361 Å². The summed E-state index contributed by atoms with van der Waals surface area (Å²) < 4.78 is 33.3. The molecular weight excluding hydrogens is 785 g/mol. The van der Waals surface area contributed by atoms with Gasteiger partial charge in [0.15, 0.2) is 17.7 Å². The number of carbonyl (C=O) groups excluding carboxylic acids is 4. The normalized spacial score (nSPS) is 35.5. The predicted octanol–water partition coefficient (Wildman–Crippen LogP) is 5.00. The lowest BCUT2D eigenvalue weighted by Gasteiger charge is -2.47. The lowest BCUT2D eigenvalue weighted by atomic mass is 9.73. The molecule has 0 aromatic carbocycles. The van der Waals surface area contributed by atoms with Crippen molar-refractivity contribution in [1.82, 2.24) is 24.3 Å². The number of pyridine rings is 1. The third-order valence-corrected chi connectivity index (χ3v) is 13.4. The molecule has 13 atom stereocenters. The van der Waals surface area contributed by atoms with E-state index in [1.54, 1.807) is 45.1 Å². The molecule has 16 nitrogen and oxygen atoms in total. The van der Waals surface area contributed by atoms with Gasteiger partial charge in [0.1, 0.15) is 29.7 Å². The standard InChI is InChI=1S/C45H70N6O10/c1-14-34-45(8)39(51(43(56)61-45)20-16-15-19-50-24-32(47-25-50)31-17-18-35(46-23-31)49(11)12)28(4)36(52)26(2)22-44(7,57-13)40(29(5)37(53)30(6)41(55)59-34)60-42-38(54)33(48(9)10)21-27(3)58-42/h17-18,23-30,33-34,38-40,42,54H,14-16,19-22H2,1-13H3/t26-,27-,28-,29+,30-,33+,34+,38-,39-,40?,42?,44+,45-/m1/s1. The van der Waals surface area contributed by atoms with Crippen molar-refractivity contribution < 1.29 is 48.0 Å². The summed E-state index contributed by atoms with van der Waals surface area (Å²) in [6.45, 7) is 14.9. The monoisotopic (exact) mass is 855 g/mol. The van der Waals surface area contributed by atoms with Gasteiger partial charge in [0.25, 0.3) is 0 Å². The van der Waals surface area contributed by atoms with Crippen LogP contribution in [0.3, 0.4) is 0 Å². The van der Waals surface area contributed by atoms with Crippen molar-refractivity contribution in [2.24, 2.45) is 23.7 Å². The molecule has 3 saturated heterocycles. The van der Waals surface area contributed by atoms with Crippen LogP contribution in [-0.4, -0.2) is 149 Å². The van der Waals surface area contributed by atoms with Gasteiger partial charge in [0, 0.05) is 76.0 Å². The largest absolute Gasteiger partial charge is 0.458 e. The first-order valence-electron chi connectivity index (χ1n) is 21.8. The predicted molar refractivity (Wildman–Crippen MR) is 229 cm³/mol. The quantitative estimate of drug-likeness (QED) is 0.172. The molecule has 3 fully saturated rings. The second kappa shape index (κ2) is 19.6. The Balaban J connectivity index is 1.41. The highest BCUT2D eigenvalue weighted by atomic mass is 16.7. The molecule has 3 aliphatic heterocycles. The summed E-state index contributed by atoms with van der Waals surface area (Å²) in [6, 6.07) is 2.85. The summed E-state index contributed by atoms with van der Waals surface area (Å²) in [7, 11) is 9.12. The van der Waals surface area contributed by atoms with Crippen molar-refractivity contribution in [2.45, 2.75) is 148 Å². The molecule has 340 valence electrons. The number of anilines is 1. The summed E-state index contributed by atoms with van der Waals surface area (Å²) in [4.78, 5) is 71.5. The molecule has 0 bridgehead atoms. The minimum Gasteiger partial charge on any atom is -0.458 e. The van der Waals surface area contributed by atoms with Gasteiger partial charge in [0.2, 0.25) is 0 Å². The molecule has 5 heterocycles. The Kier molecular flexibility index (Phi) is 15.5. The van der Waals surface area contributed by atoms with E-state index in [4.69, 9.17) is 23.7 Å². The zero-order valence-electron chi connectivity index (χ0n) is 38.5. The van der Waals surface area contributed by atoms with E-state index in [1.807, 2.05) is 81.7 Å². The number of methoxy groups -OCH3 is 1. The van der Waals surface area contributed by atoms with Gasteiger partial charge < -0.3 is 48.1 Å². The lowest BCUT2D eigenvalue weighted by molar-refractivity contribution is -0.295. The van der Waals surface area contributed by atoms with Crippen LogP contribution in [0.25, 0.3) is 11.3 Å². The SMILES string of the molecule is CC[C@@H]1OC(=O)[C@H](C)C(=O)[C@H](C)C(OC2O[C@H](C)C[C@H](N(C)C)[C@H]2O)[C@@](C)(OC)C[C@@H](C)C(=O)[C@@H](C)[C@H]2N(CCCCn3cnc(-c4ccc(N(C)C)nc4)c3)C(=O)O[C@]12C. The van der Waals surface area contributed by atoms with E-state index in [1.165, 1.54) is 14.0 Å². The number of likely N-dealkylation sites (N-methyl/N-ethyl adjacent to an activating group) is 1. The molecule has 5 rings (SSSR count). The molecule has 61 heavy (non-hydrogen) atoms. The van der Waals surface area contributed by atoms with Crippen LogP contribution in [-0.2, 0) is 44.6 Å². The van der Waals surface area contributed by atoms with E-state index < -0.39 is 83.4 Å². The average Bonchev–Trinajstić information content (AvgIpc) is 3.80. The minimum atomic E-state index is -1.41. The number of amides is 1. The minimum absolute atomic E-state index is 0.126. The molecule has 1 amide bonds. The summed E-state index contributed by atoms with van der Waals surface area (Å²) in [5.74, 6) is -4.12. The van der Waals surface area contributed by atoms with Crippen LogP contribution in [0, 0.1) is 23.7 Å². The first-order chi connectivity index (χ1) is 28.7. The number of hydrogen-bond donors (Lipinski definition) is 1. The fourth-order valence-corrected chi connectivity index (χ4v) is 9.72. The van der Waals surface area contributed by atoms with Crippen LogP contribution in [0.2, 0.25) is 0 Å². The van der Waals surface area contributed by atoms with E-state index in [0.29, 0.717) is 32.4 Å². The number of carbonyl (C=O) groups is 4. The van der Waals surface area contributed by atoms with Crippen LogP contribution in [0.1, 0.15) is 87.5 Å². The number of cyclic esters (lactones) is 1. The van der Waals surface area contributed by atoms with Crippen LogP contribution >= 0.6 is 0 Å². The maximum absolute atomic E-state index is 14.8. The van der Waals surface area contributed by atoms with Gasteiger partial charge in [-0.15, -0.1) is 0 Å². The molecule has 0 radical (unpaired) electrons. The Morgan fingerprint density at radius 1 is 0.951 bits per heavy atom. The fourth-order valence-electron chi connectivity index (χ4n) is 9.72. The topological polar surface area (TPSA) is 175 Å². The number of rotatable bonds is 12. The van der Waals surface area contributed by atoms with Crippen LogP contribution in [0.4, 0.5) is 10.6 Å². The van der Waals surface area contributed by atoms with E-state index in [0.717, 1.165) is 17.1 Å². The van der Waals surface area contributed by atoms with Crippen molar-refractivity contribution in [3.8, 4) is 11.3 Å². The maximum atomic E-state index is 14.8. The fraction of sp³-hybridized carbons (Fsp3) is 0.733. The zero-order chi connectivity index (χ0) is 45.1. The number of nitrogens with zero attached hydrogens (tertiary/aromatic N) is 6. The van der Waals surface area contributed by atoms with Gasteiger partial charge in [-0.1, -0.05) is 27.7 Å². The summed E-state index contributed by atoms with van der Waals surface area (Å²) >= 11 is 0. The number of ether oxygens (including phenoxy) is 5. The third kappa shape index (κ3) is 10.1. The third-order valence-electron chi connectivity index (χ3n) is 13.4. The van der Waals surface area contributed by atoms with E-state index in [-0.39, 0.29) is 30.8 Å². The molecule has 3 aliphatic rings. The summed E-state index contributed by atoms with van der Waals surface area (Å²) in [6.07, 6.45) is 2.75. The number of esters is 1. The van der Waals surface area contributed by atoms with Crippen LogP contribution in [0.5, 0.6) is 0 Å². The number of aromatic nitrogens is 3. The van der Waals surface area contributed by atoms with E-state index in [9.17, 15) is 24.3 Å². The molecule has 2 aromatic heterocycles. The van der Waals surface area contributed by atoms with Gasteiger partial charge in [-0.05, 0) is 86.0 Å². The second-order valence-electron chi connectivity index (χ2n) is 18.4. The molecular formula is C45H70N6O10. The summed E-state index contributed by atoms with van der Waals surface area (Å²) in [5, 5.41) is 11.5. The van der Waals surface area contributed by atoms with Gasteiger partial charge in [-0.3, -0.25) is 14.4 Å². The number of unbranched alkanes of at least 4 members (excludes halogenated alkanes) is 1. The maximum Gasteiger partial charge on any atom is 0.410 e. The molecule has 0 saturated carbocycles. The Morgan fingerprint density at radius 2 is 1.64 bits per heavy atom. The smallest absolute Gasteiger partial charge is 0.410 e. The number of imidazole rings is 1. The number of hydrogen-bond acceptors (Lipinski definition) is 14. The molecule has 1 N–H and O–H groups in total. The van der Waals surface area contributed by atoms with Crippen molar-refractivity contribution in [1.29, 1.82) is 0 Å². The highest BCUT2D eigenvalue weighted by Crippen LogP contribution is 2.43. The molecule has 16 heteroatoms. The van der Waals surface area contributed by atoms with Crippen LogP contribution < -0.4 is 4.90 Å². The molecule has 0 aliphatic carbocycles. The van der Waals surface area contributed by atoms with Crippen molar-refractivity contribution in [2.75, 3.05) is 46.7 Å². The number of ketones is 2. The molecule has 2 aromatic rings. The number of fused-ring (bicyclic) bond motifs is 1. The van der Waals surface area contributed by atoms with Gasteiger partial charge >= 0.3 is 12.1 Å². The second-order valence-corrected chi connectivity index (χ2v) is 18.4. The number of Topliss-reactive ketones (excluding diaryl/α,β-unsaturated/α-hetero) is 2. The van der Waals surface area contributed by atoms with Crippen molar-refractivity contribution >= 4 is 29.4 Å². The average molecular weight is 855 g/mol. The molecule has 0 spiro atoms. The van der Waals surface area contributed by atoms with Gasteiger partial charge in [-0.25, -0.2) is 14.8 Å². The van der Waals surface area contributed by atoms with E-state index in [2.05, 4.69) is 9.97 Å². The first-order valence-corrected chi connectivity index (χ1v) is 21.8. The number of aliphatic hydroxyl groups is 1. The highest BCUT2D eigenvalue weighted by Gasteiger charge is 2.60. The van der Waals surface area contributed by atoms with Crippen LogP contribution in [0.15, 0.2) is 30.9 Å². The number of aliphatic hydroxyl groups excluding tert-OH is 1. The lowest BCUT2D eigenvalue weighted by Crippen LogP contribution is -2.60. The van der Waals surface area contributed by atoms with Gasteiger partial charge in [-0.2, -0.15) is 0 Å². The highest BCUT2D eigenvalue weighted by molar-refractivity contribution is 6.00. The Bertz CT molecular complexity index is 1840. The Morgan fingerprint density at radius 3 is 2.25 bits per heavy atom. The van der Waals surface area contributed by atoms with Gasteiger partial charge in [0.05, 0.1) is 35.9 Å². The molecule has 2 unspecified atom stereocenters. The first kappa shape index (κ1) is 48.1. The number of aryl methyl sites for hydroxylation is 1. The zero-order valence-corrected chi connectivity index (χ0v) is 38.5. The Hall–Kier alpha value is -3.96. The van der Waals surface area contributed by atoms with Crippen molar-refractivity contribution in [3.05, 3.63) is 30.9 Å². The summed E-state index contributed by atoms with van der Waals surface area (Å²) in [5.41, 5.74) is -0.971.